The van der Waals surface area contributed by atoms with Gasteiger partial charge in [0.15, 0.2) is 0 Å². The molecule has 0 unspecified atom stereocenters. The summed E-state index contributed by atoms with van der Waals surface area (Å²) in [7, 11) is 0. The highest BCUT2D eigenvalue weighted by Gasteiger charge is 2.24. The topological polar surface area (TPSA) is 21.3 Å². The first-order valence-corrected chi connectivity index (χ1v) is 5.11. The third-order valence-electron chi connectivity index (χ3n) is 2.28. The third-order valence-corrected chi connectivity index (χ3v) is 2.28. The molecule has 1 aliphatic rings. The number of hydrogen-bond donors (Lipinski definition) is 1. The van der Waals surface area contributed by atoms with Gasteiger partial charge < -0.3 is 10.1 Å². The average molecular weight is 171 g/mol. The molecule has 12 heavy (non-hydrogen) atoms. The van der Waals surface area contributed by atoms with Crippen LogP contribution in [0.2, 0.25) is 0 Å². The smallest absolute Gasteiger partial charge is 0.0717 e. The van der Waals surface area contributed by atoms with E-state index in [4.69, 9.17) is 4.74 Å². The maximum absolute atomic E-state index is 5.73. The van der Waals surface area contributed by atoms with Crippen LogP contribution in [0.5, 0.6) is 0 Å². The molecule has 1 rings (SSSR count). The maximum Gasteiger partial charge on any atom is 0.0717 e. The van der Waals surface area contributed by atoms with Crippen LogP contribution in [0.1, 0.15) is 40.0 Å². The van der Waals surface area contributed by atoms with Crippen molar-refractivity contribution < 1.29 is 4.74 Å². The van der Waals surface area contributed by atoms with Gasteiger partial charge in [0.05, 0.1) is 12.2 Å². The third kappa shape index (κ3) is 3.11. The minimum Gasteiger partial charge on any atom is -0.374 e. The van der Waals surface area contributed by atoms with Crippen LogP contribution in [0.4, 0.5) is 0 Å². The molecule has 1 heterocycles. The lowest BCUT2D eigenvalue weighted by molar-refractivity contribution is 0.0186. The van der Waals surface area contributed by atoms with Crippen LogP contribution in [-0.4, -0.2) is 24.8 Å². The molecule has 0 aromatic heterocycles. The minimum absolute atomic E-state index is 0.372. The molecule has 0 aromatic carbocycles. The molecule has 0 spiro atoms. The molecular formula is C10H21NO. The monoisotopic (exact) mass is 171 g/mol. The van der Waals surface area contributed by atoms with Gasteiger partial charge in [0.2, 0.25) is 0 Å². The second-order valence-corrected chi connectivity index (χ2v) is 3.94. The van der Waals surface area contributed by atoms with Crippen LogP contribution in [0.15, 0.2) is 0 Å². The number of nitrogens with one attached hydrogen (secondary N) is 1. The summed E-state index contributed by atoms with van der Waals surface area (Å²) in [5, 5.41) is 3.49. The summed E-state index contributed by atoms with van der Waals surface area (Å²) >= 11 is 0. The first-order valence-electron chi connectivity index (χ1n) is 5.11. The van der Waals surface area contributed by atoms with Gasteiger partial charge in [0.1, 0.15) is 0 Å². The van der Waals surface area contributed by atoms with Crippen LogP contribution in [0, 0.1) is 0 Å². The first kappa shape index (κ1) is 10.0. The maximum atomic E-state index is 5.73. The summed E-state index contributed by atoms with van der Waals surface area (Å²) in [4.78, 5) is 0. The molecule has 1 N–H and O–H groups in total. The number of rotatable bonds is 4. The Morgan fingerprint density at radius 2 is 2.25 bits per heavy atom. The van der Waals surface area contributed by atoms with Gasteiger partial charge in [-0.15, -0.1) is 0 Å². The van der Waals surface area contributed by atoms with Gasteiger partial charge in [0.25, 0.3) is 0 Å². The lowest BCUT2D eigenvalue weighted by Gasteiger charge is -2.13. The fourth-order valence-electron chi connectivity index (χ4n) is 1.84. The van der Waals surface area contributed by atoms with E-state index < -0.39 is 0 Å². The summed E-state index contributed by atoms with van der Waals surface area (Å²) in [6, 6.07) is 0.707. The Morgan fingerprint density at radius 3 is 2.83 bits per heavy atom. The predicted molar refractivity (Wildman–Crippen MR) is 51.3 cm³/mol. The molecule has 0 saturated carbocycles. The molecule has 0 bridgehead atoms. The fraction of sp³-hybridized carbons (Fsp3) is 1.00. The Kier molecular flexibility index (Phi) is 4.02. The fourth-order valence-corrected chi connectivity index (χ4v) is 1.84. The zero-order chi connectivity index (χ0) is 8.97. The van der Waals surface area contributed by atoms with Gasteiger partial charge in [-0.05, 0) is 26.7 Å². The quantitative estimate of drug-likeness (QED) is 0.698. The van der Waals surface area contributed by atoms with E-state index in [1.54, 1.807) is 0 Å². The van der Waals surface area contributed by atoms with Crippen molar-refractivity contribution in [1.29, 1.82) is 0 Å². The van der Waals surface area contributed by atoms with Gasteiger partial charge in [0, 0.05) is 12.6 Å². The molecule has 1 saturated heterocycles. The number of hydrogen-bond acceptors (Lipinski definition) is 2. The second-order valence-electron chi connectivity index (χ2n) is 3.94. The zero-order valence-electron chi connectivity index (χ0n) is 8.47. The van der Waals surface area contributed by atoms with Crippen molar-refractivity contribution in [3.63, 3.8) is 0 Å². The van der Waals surface area contributed by atoms with Crippen LogP contribution in [0.25, 0.3) is 0 Å². The Morgan fingerprint density at radius 1 is 1.50 bits per heavy atom. The van der Waals surface area contributed by atoms with Crippen molar-refractivity contribution in [1.82, 2.24) is 5.32 Å². The Hall–Kier alpha value is -0.0800. The highest BCUT2D eigenvalue weighted by Crippen LogP contribution is 2.15. The second kappa shape index (κ2) is 4.83. The van der Waals surface area contributed by atoms with E-state index >= 15 is 0 Å². The summed E-state index contributed by atoms with van der Waals surface area (Å²) in [5.41, 5.74) is 0. The van der Waals surface area contributed by atoms with E-state index in [0.29, 0.717) is 18.2 Å². The standard InChI is InChI=1S/C10H21NO/c1-4-5-9-6-10(7-11-9)12-8(2)3/h8-11H,4-7H2,1-3H3/t9-,10+/m0/s1. The minimum atomic E-state index is 0.372. The molecule has 72 valence electrons. The van der Waals surface area contributed by atoms with Crippen molar-refractivity contribution in [3.05, 3.63) is 0 Å². The molecule has 0 aromatic rings. The Bertz CT molecular complexity index is 125. The molecule has 1 aliphatic heterocycles. The van der Waals surface area contributed by atoms with Crippen molar-refractivity contribution >= 4 is 0 Å². The van der Waals surface area contributed by atoms with E-state index in [1.807, 2.05) is 0 Å². The Labute approximate surface area is 75.7 Å². The molecule has 0 amide bonds. The van der Waals surface area contributed by atoms with Crippen molar-refractivity contribution in [2.24, 2.45) is 0 Å². The van der Waals surface area contributed by atoms with Crippen LogP contribution in [0.3, 0.4) is 0 Å². The van der Waals surface area contributed by atoms with Gasteiger partial charge in [-0.3, -0.25) is 0 Å². The van der Waals surface area contributed by atoms with E-state index in [-0.39, 0.29) is 0 Å². The predicted octanol–water partition coefficient (Wildman–Crippen LogP) is 1.94. The van der Waals surface area contributed by atoms with Crippen LogP contribution in [-0.2, 0) is 4.74 Å². The van der Waals surface area contributed by atoms with Gasteiger partial charge in [-0.2, -0.15) is 0 Å². The molecule has 0 aliphatic carbocycles. The highest BCUT2D eigenvalue weighted by atomic mass is 16.5. The van der Waals surface area contributed by atoms with Gasteiger partial charge in [-0.1, -0.05) is 13.3 Å². The highest BCUT2D eigenvalue weighted by molar-refractivity contribution is 4.82. The van der Waals surface area contributed by atoms with Gasteiger partial charge >= 0.3 is 0 Å². The summed E-state index contributed by atoms with van der Waals surface area (Å²) in [6.07, 6.45) is 4.59. The summed E-state index contributed by atoms with van der Waals surface area (Å²) < 4.78 is 5.73. The normalized spacial score (nSPS) is 30.0. The Balaban J connectivity index is 2.16. The van der Waals surface area contributed by atoms with E-state index in [1.165, 1.54) is 19.3 Å². The van der Waals surface area contributed by atoms with Crippen molar-refractivity contribution in [2.75, 3.05) is 6.54 Å². The summed E-state index contributed by atoms with van der Waals surface area (Å²) in [5.74, 6) is 0. The van der Waals surface area contributed by atoms with Crippen molar-refractivity contribution in [3.8, 4) is 0 Å². The summed E-state index contributed by atoms with van der Waals surface area (Å²) in [6.45, 7) is 7.49. The molecule has 2 atom stereocenters. The molecular weight excluding hydrogens is 150 g/mol. The van der Waals surface area contributed by atoms with E-state index in [9.17, 15) is 0 Å². The molecule has 0 radical (unpaired) electrons. The number of ether oxygens (including phenoxy) is 1. The molecule has 2 nitrogen and oxygen atoms in total. The largest absolute Gasteiger partial charge is 0.374 e. The van der Waals surface area contributed by atoms with Crippen LogP contribution >= 0.6 is 0 Å². The molecule has 1 fully saturated rings. The van der Waals surface area contributed by atoms with Crippen LogP contribution < -0.4 is 5.32 Å². The lowest BCUT2D eigenvalue weighted by Crippen LogP contribution is -2.22. The lowest BCUT2D eigenvalue weighted by atomic mass is 10.1. The van der Waals surface area contributed by atoms with Crippen molar-refractivity contribution in [2.45, 2.75) is 58.3 Å². The zero-order valence-corrected chi connectivity index (χ0v) is 8.47. The SMILES string of the molecule is CCC[C@H]1C[C@@H](OC(C)C)CN1. The first-order chi connectivity index (χ1) is 5.72. The molecule has 2 heteroatoms. The van der Waals surface area contributed by atoms with E-state index in [0.717, 1.165) is 6.54 Å². The van der Waals surface area contributed by atoms with Gasteiger partial charge in [-0.25, -0.2) is 0 Å². The van der Waals surface area contributed by atoms with E-state index in [2.05, 4.69) is 26.1 Å². The average Bonchev–Trinajstić information content (AvgIpc) is 2.36.